The highest BCUT2D eigenvalue weighted by atomic mass is 16.5. The van der Waals surface area contributed by atoms with Gasteiger partial charge in [0.25, 0.3) is 0 Å². The molecule has 0 aliphatic carbocycles. The minimum atomic E-state index is 0.265. The number of rotatable bonds is 7. The first-order chi connectivity index (χ1) is 7.51. The SMILES string of the molecule is C=C(C)/C=C(\C=C(C)C)B(COC)COC. The van der Waals surface area contributed by atoms with E-state index in [1.54, 1.807) is 14.2 Å². The van der Waals surface area contributed by atoms with Crippen molar-refractivity contribution in [3.63, 3.8) is 0 Å². The zero-order valence-electron chi connectivity index (χ0n) is 11.2. The molecule has 0 aromatic carbocycles. The molecule has 0 heterocycles. The standard InChI is InChI=1S/C13H23BO2/c1-11(2)7-13(8-12(3)4)14(9-15-5)10-16-6/h7-8H,1,9-10H2,2-6H3/b13-7+. The molecule has 0 radical (unpaired) electrons. The molecular weight excluding hydrogens is 199 g/mol. The Morgan fingerprint density at radius 2 is 1.56 bits per heavy atom. The number of methoxy groups -OCH3 is 2. The van der Waals surface area contributed by atoms with E-state index in [4.69, 9.17) is 9.47 Å². The highest BCUT2D eigenvalue weighted by molar-refractivity contribution is 6.67. The quantitative estimate of drug-likeness (QED) is 0.487. The predicted molar refractivity (Wildman–Crippen MR) is 71.8 cm³/mol. The summed E-state index contributed by atoms with van der Waals surface area (Å²) in [4.78, 5) is 0. The van der Waals surface area contributed by atoms with Crippen LogP contribution in [0.25, 0.3) is 0 Å². The summed E-state index contributed by atoms with van der Waals surface area (Å²) >= 11 is 0. The lowest BCUT2D eigenvalue weighted by atomic mass is 9.45. The van der Waals surface area contributed by atoms with Crippen LogP contribution in [-0.4, -0.2) is 33.9 Å². The molecule has 0 aliphatic rings. The summed E-state index contributed by atoms with van der Waals surface area (Å²) in [5.74, 6) is 0. The molecule has 0 amide bonds. The summed E-state index contributed by atoms with van der Waals surface area (Å²) in [6.07, 6.45) is 4.26. The maximum absolute atomic E-state index is 5.22. The average Bonchev–Trinajstić information content (AvgIpc) is 2.15. The van der Waals surface area contributed by atoms with E-state index >= 15 is 0 Å². The van der Waals surface area contributed by atoms with E-state index in [1.807, 2.05) is 6.92 Å². The zero-order chi connectivity index (χ0) is 12.6. The van der Waals surface area contributed by atoms with Gasteiger partial charge in [-0.1, -0.05) is 35.3 Å². The fraction of sp³-hybridized carbons (Fsp3) is 0.538. The van der Waals surface area contributed by atoms with E-state index < -0.39 is 0 Å². The smallest absolute Gasteiger partial charge is 0.234 e. The lowest BCUT2D eigenvalue weighted by Crippen LogP contribution is -2.29. The topological polar surface area (TPSA) is 18.5 Å². The Morgan fingerprint density at radius 3 is 1.88 bits per heavy atom. The number of ether oxygens (including phenoxy) is 2. The molecule has 0 spiro atoms. The van der Waals surface area contributed by atoms with E-state index in [0.717, 1.165) is 5.57 Å². The molecule has 0 saturated carbocycles. The lowest BCUT2D eigenvalue weighted by Gasteiger charge is -2.14. The first-order valence-corrected chi connectivity index (χ1v) is 5.51. The van der Waals surface area contributed by atoms with Crippen molar-refractivity contribution in [2.45, 2.75) is 20.8 Å². The predicted octanol–water partition coefficient (Wildman–Crippen LogP) is 2.86. The molecule has 0 saturated heterocycles. The van der Waals surface area contributed by atoms with Gasteiger partial charge < -0.3 is 9.47 Å². The molecule has 90 valence electrons. The summed E-state index contributed by atoms with van der Waals surface area (Å²) in [7, 11) is 3.42. The van der Waals surface area contributed by atoms with E-state index in [1.165, 1.54) is 11.0 Å². The van der Waals surface area contributed by atoms with Gasteiger partial charge in [0.1, 0.15) is 0 Å². The molecule has 0 aromatic heterocycles. The molecule has 2 nitrogen and oxygen atoms in total. The molecular formula is C13H23BO2. The summed E-state index contributed by atoms with van der Waals surface area (Å²) < 4.78 is 10.4. The fourth-order valence-corrected chi connectivity index (χ4v) is 1.54. The van der Waals surface area contributed by atoms with Gasteiger partial charge in [0.05, 0.1) is 0 Å². The van der Waals surface area contributed by atoms with Crippen molar-refractivity contribution in [2.24, 2.45) is 0 Å². The van der Waals surface area contributed by atoms with Gasteiger partial charge in [-0.2, -0.15) is 0 Å². The second-order valence-electron chi connectivity index (χ2n) is 4.32. The van der Waals surface area contributed by atoms with Crippen molar-refractivity contribution in [3.05, 3.63) is 35.3 Å². The Balaban J connectivity index is 4.95. The Morgan fingerprint density at radius 1 is 1.06 bits per heavy atom. The van der Waals surface area contributed by atoms with Crippen molar-refractivity contribution >= 4 is 6.71 Å². The van der Waals surface area contributed by atoms with Crippen LogP contribution in [-0.2, 0) is 9.47 Å². The van der Waals surface area contributed by atoms with Gasteiger partial charge in [-0.25, -0.2) is 0 Å². The van der Waals surface area contributed by atoms with Crippen LogP contribution in [0.4, 0.5) is 0 Å². The second-order valence-corrected chi connectivity index (χ2v) is 4.32. The number of allylic oxidation sites excluding steroid dienone is 5. The first-order valence-electron chi connectivity index (χ1n) is 5.51. The third-order valence-electron chi connectivity index (χ3n) is 2.08. The summed E-state index contributed by atoms with van der Waals surface area (Å²) in [6.45, 7) is 11.7. The van der Waals surface area contributed by atoms with Gasteiger partial charge in [-0.3, -0.25) is 0 Å². The van der Waals surface area contributed by atoms with E-state index in [2.05, 4.69) is 32.6 Å². The van der Waals surface area contributed by atoms with Crippen molar-refractivity contribution in [3.8, 4) is 0 Å². The first kappa shape index (κ1) is 15.2. The van der Waals surface area contributed by atoms with Gasteiger partial charge in [0.2, 0.25) is 6.71 Å². The minimum Gasteiger partial charge on any atom is -0.392 e. The van der Waals surface area contributed by atoms with Crippen LogP contribution in [0.15, 0.2) is 35.3 Å². The largest absolute Gasteiger partial charge is 0.392 e. The zero-order valence-corrected chi connectivity index (χ0v) is 11.2. The molecule has 0 N–H and O–H groups in total. The molecule has 0 aromatic rings. The van der Waals surface area contributed by atoms with Crippen LogP contribution in [0.1, 0.15) is 20.8 Å². The minimum absolute atomic E-state index is 0.265. The van der Waals surface area contributed by atoms with Crippen LogP contribution >= 0.6 is 0 Å². The molecule has 0 aliphatic heterocycles. The highest BCUT2D eigenvalue weighted by Crippen LogP contribution is 2.10. The van der Waals surface area contributed by atoms with Gasteiger partial charge in [0.15, 0.2) is 0 Å². The van der Waals surface area contributed by atoms with Crippen molar-refractivity contribution in [1.82, 2.24) is 0 Å². The Bertz CT molecular complexity index is 270. The number of hydrogen-bond donors (Lipinski definition) is 0. The van der Waals surface area contributed by atoms with Gasteiger partial charge in [-0.15, -0.1) is 0 Å². The highest BCUT2D eigenvalue weighted by Gasteiger charge is 2.17. The van der Waals surface area contributed by atoms with Gasteiger partial charge in [-0.05, 0) is 20.8 Å². The summed E-state index contributed by atoms with van der Waals surface area (Å²) in [6, 6.07) is 0. The average molecular weight is 222 g/mol. The molecule has 3 heteroatoms. The fourth-order valence-electron chi connectivity index (χ4n) is 1.54. The second kappa shape index (κ2) is 8.37. The van der Waals surface area contributed by atoms with E-state index in [-0.39, 0.29) is 6.71 Å². The molecule has 0 atom stereocenters. The van der Waals surface area contributed by atoms with E-state index in [9.17, 15) is 0 Å². The maximum Gasteiger partial charge on any atom is 0.234 e. The normalized spacial score (nSPS) is 11.2. The van der Waals surface area contributed by atoms with Crippen LogP contribution in [0.5, 0.6) is 0 Å². The molecule has 0 bridgehead atoms. The lowest BCUT2D eigenvalue weighted by molar-refractivity contribution is 0.224. The van der Waals surface area contributed by atoms with E-state index in [0.29, 0.717) is 13.0 Å². The molecule has 0 fully saturated rings. The monoisotopic (exact) mass is 222 g/mol. The summed E-state index contributed by atoms with van der Waals surface area (Å²) in [5.41, 5.74) is 3.53. The van der Waals surface area contributed by atoms with Crippen LogP contribution in [0.3, 0.4) is 0 Å². The Labute approximate surface area is 100 Å². The summed E-state index contributed by atoms with van der Waals surface area (Å²) in [5, 5.41) is 0. The maximum atomic E-state index is 5.22. The van der Waals surface area contributed by atoms with Crippen LogP contribution in [0.2, 0.25) is 0 Å². The van der Waals surface area contributed by atoms with Gasteiger partial charge >= 0.3 is 0 Å². The van der Waals surface area contributed by atoms with Gasteiger partial charge in [0, 0.05) is 27.2 Å². The third-order valence-corrected chi connectivity index (χ3v) is 2.08. The van der Waals surface area contributed by atoms with Crippen LogP contribution < -0.4 is 0 Å². The molecule has 0 rings (SSSR count). The number of hydrogen-bond acceptors (Lipinski definition) is 2. The Kier molecular flexibility index (Phi) is 7.95. The van der Waals surface area contributed by atoms with Crippen molar-refractivity contribution in [2.75, 3.05) is 27.2 Å². The third kappa shape index (κ3) is 6.65. The molecule has 16 heavy (non-hydrogen) atoms. The molecule has 0 unspecified atom stereocenters. The van der Waals surface area contributed by atoms with Crippen molar-refractivity contribution < 1.29 is 9.47 Å². The Hall–Kier alpha value is -0.795. The van der Waals surface area contributed by atoms with Crippen LogP contribution in [0, 0.1) is 0 Å². The van der Waals surface area contributed by atoms with Crippen molar-refractivity contribution in [1.29, 1.82) is 0 Å².